The Morgan fingerprint density at radius 3 is 2.66 bits per heavy atom. The smallest absolute Gasteiger partial charge is 0.245 e. The van der Waals surface area contributed by atoms with E-state index in [1.54, 1.807) is 18.6 Å². The molecule has 0 bridgehead atoms. The molecule has 0 atom stereocenters. The largest absolute Gasteiger partial charge is 0.382 e. The fourth-order valence-electron chi connectivity index (χ4n) is 4.03. The van der Waals surface area contributed by atoms with Crippen LogP contribution in [0.25, 0.3) is 0 Å². The van der Waals surface area contributed by atoms with Crippen LogP contribution in [-0.4, -0.2) is 51.9 Å². The maximum atomic E-state index is 11.9. The number of carbonyl (C=O) groups excluding carboxylic acids is 1. The van der Waals surface area contributed by atoms with Crippen LogP contribution < -0.4 is 10.6 Å². The third-order valence-corrected chi connectivity index (χ3v) is 7.27. The lowest BCUT2D eigenvalue weighted by Gasteiger charge is -2.39. The number of rotatable bonds is 4. The van der Waals surface area contributed by atoms with Crippen LogP contribution >= 0.6 is 23.4 Å². The van der Waals surface area contributed by atoms with Crippen molar-refractivity contribution in [3.05, 3.63) is 42.3 Å². The van der Waals surface area contributed by atoms with Gasteiger partial charge < -0.3 is 15.5 Å². The molecule has 9 heteroatoms. The molecule has 2 N–H and O–H groups in total. The van der Waals surface area contributed by atoms with E-state index in [9.17, 15) is 4.79 Å². The summed E-state index contributed by atoms with van der Waals surface area (Å²) in [6, 6.07) is 1.81. The quantitative estimate of drug-likeness (QED) is 0.744. The van der Waals surface area contributed by atoms with Crippen LogP contribution in [0.3, 0.4) is 0 Å². The minimum absolute atomic E-state index is 0.0410. The Bertz CT molecular complexity index is 914. The number of pyridine rings is 1. The molecule has 1 amide bonds. The van der Waals surface area contributed by atoms with Crippen molar-refractivity contribution in [3.8, 4) is 0 Å². The number of nitrogen functional groups attached to an aromatic ring is 1. The molecule has 0 aromatic carbocycles. The number of piperidine rings is 1. The molecular weight excluding hydrogens is 408 g/mol. The van der Waals surface area contributed by atoms with Crippen molar-refractivity contribution < 1.29 is 4.79 Å². The summed E-state index contributed by atoms with van der Waals surface area (Å²) in [5.74, 6) is 1.23. The molecule has 152 valence electrons. The number of amides is 1. The standard InChI is InChI=1S/C20H23ClN6OS/c1-2-17(28)27-10-6-20(13-27)4-8-26(9-5-20)15-11-25-16(12-24-15)29-14-3-7-23-19(22)18(14)21/h2-3,7,11-12H,1,4-6,8-10,13H2,(H2,22,23). The van der Waals surface area contributed by atoms with Crippen LogP contribution in [0.4, 0.5) is 11.6 Å². The molecule has 2 saturated heterocycles. The first-order chi connectivity index (χ1) is 14.0. The van der Waals surface area contributed by atoms with Crippen molar-refractivity contribution >= 4 is 40.9 Å². The highest BCUT2D eigenvalue weighted by Gasteiger charge is 2.41. The van der Waals surface area contributed by atoms with Gasteiger partial charge in [-0.15, -0.1) is 0 Å². The van der Waals surface area contributed by atoms with Gasteiger partial charge in [-0.05, 0) is 36.8 Å². The molecule has 2 aromatic rings. The van der Waals surface area contributed by atoms with E-state index in [1.807, 2.05) is 11.0 Å². The number of carbonyl (C=O) groups is 1. The van der Waals surface area contributed by atoms with Crippen LogP contribution in [0.15, 0.2) is 47.2 Å². The highest BCUT2D eigenvalue weighted by atomic mass is 35.5. The van der Waals surface area contributed by atoms with Crippen LogP contribution in [0.5, 0.6) is 0 Å². The average molecular weight is 431 g/mol. The highest BCUT2D eigenvalue weighted by Crippen LogP contribution is 2.41. The van der Waals surface area contributed by atoms with Gasteiger partial charge >= 0.3 is 0 Å². The van der Waals surface area contributed by atoms with E-state index in [1.165, 1.54) is 17.8 Å². The molecule has 1 spiro atoms. The number of nitrogens with zero attached hydrogens (tertiary/aromatic N) is 5. The van der Waals surface area contributed by atoms with Crippen molar-refractivity contribution in [2.75, 3.05) is 36.8 Å². The molecule has 2 aliphatic rings. The maximum Gasteiger partial charge on any atom is 0.245 e. The molecule has 2 aromatic heterocycles. The van der Waals surface area contributed by atoms with Crippen molar-refractivity contribution in [2.24, 2.45) is 5.41 Å². The third-order valence-electron chi connectivity index (χ3n) is 5.78. The fourth-order valence-corrected chi connectivity index (χ4v) is 5.02. The van der Waals surface area contributed by atoms with E-state index in [0.717, 1.165) is 61.2 Å². The maximum absolute atomic E-state index is 11.9. The topological polar surface area (TPSA) is 88.2 Å². The van der Waals surface area contributed by atoms with Crippen molar-refractivity contribution in [3.63, 3.8) is 0 Å². The molecule has 4 heterocycles. The first kappa shape index (κ1) is 20.0. The van der Waals surface area contributed by atoms with Gasteiger partial charge in [0.2, 0.25) is 5.91 Å². The Labute approximate surface area is 179 Å². The Balaban J connectivity index is 1.37. The van der Waals surface area contributed by atoms with Gasteiger partial charge in [-0.1, -0.05) is 29.9 Å². The van der Waals surface area contributed by atoms with E-state index >= 15 is 0 Å². The second-order valence-corrected chi connectivity index (χ2v) is 8.96. The van der Waals surface area contributed by atoms with Crippen molar-refractivity contribution in [1.82, 2.24) is 19.9 Å². The lowest BCUT2D eigenvalue weighted by molar-refractivity contribution is -0.125. The van der Waals surface area contributed by atoms with Crippen LogP contribution in [0, 0.1) is 5.41 Å². The number of halogens is 1. The minimum Gasteiger partial charge on any atom is -0.382 e. The van der Waals surface area contributed by atoms with Gasteiger partial charge in [0, 0.05) is 37.3 Å². The number of hydrogen-bond donors (Lipinski definition) is 1. The first-order valence-corrected chi connectivity index (χ1v) is 10.8. The van der Waals surface area contributed by atoms with E-state index in [-0.39, 0.29) is 11.3 Å². The number of hydrogen-bond acceptors (Lipinski definition) is 7. The minimum atomic E-state index is 0.0410. The van der Waals surface area contributed by atoms with Crippen LogP contribution in [-0.2, 0) is 4.79 Å². The normalized spacial score (nSPS) is 18.2. The second kappa shape index (κ2) is 8.20. The number of aromatic nitrogens is 3. The number of anilines is 2. The Morgan fingerprint density at radius 1 is 1.21 bits per heavy atom. The zero-order valence-electron chi connectivity index (χ0n) is 16.1. The molecule has 0 unspecified atom stereocenters. The molecule has 0 aliphatic carbocycles. The summed E-state index contributed by atoms with van der Waals surface area (Å²) >= 11 is 7.61. The summed E-state index contributed by atoms with van der Waals surface area (Å²) in [5.41, 5.74) is 5.99. The molecule has 0 radical (unpaired) electrons. The predicted octanol–water partition coefficient (Wildman–Crippen LogP) is 3.26. The van der Waals surface area contributed by atoms with Gasteiger partial charge in [-0.3, -0.25) is 4.79 Å². The predicted molar refractivity (Wildman–Crippen MR) is 115 cm³/mol. The number of nitrogens with two attached hydrogens (primary N) is 1. The van der Waals surface area contributed by atoms with Crippen molar-refractivity contribution in [2.45, 2.75) is 29.2 Å². The van der Waals surface area contributed by atoms with Gasteiger partial charge in [0.05, 0.1) is 17.4 Å². The second-order valence-electron chi connectivity index (χ2n) is 7.52. The molecule has 2 aliphatic heterocycles. The molecule has 2 fully saturated rings. The lowest BCUT2D eigenvalue weighted by atomic mass is 9.78. The Morgan fingerprint density at radius 2 is 1.97 bits per heavy atom. The molecule has 4 rings (SSSR count). The third kappa shape index (κ3) is 4.18. The highest BCUT2D eigenvalue weighted by molar-refractivity contribution is 7.99. The molecule has 7 nitrogen and oxygen atoms in total. The van der Waals surface area contributed by atoms with E-state index in [0.29, 0.717) is 10.8 Å². The van der Waals surface area contributed by atoms with Gasteiger partial charge in [-0.2, -0.15) is 0 Å². The summed E-state index contributed by atoms with van der Waals surface area (Å²) in [6.45, 7) is 7.11. The Hall–Kier alpha value is -2.32. The summed E-state index contributed by atoms with van der Waals surface area (Å²) in [6.07, 6.45) is 9.78. The molecular formula is C20H23ClN6OS. The molecule has 0 saturated carbocycles. The average Bonchev–Trinajstić information content (AvgIpc) is 3.16. The zero-order chi connectivity index (χ0) is 20.4. The van der Waals surface area contributed by atoms with Gasteiger partial charge in [-0.25, -0.2) is 15.0 Å². The Kier molecular flexibility index (Phi) is 5.65. The first-order valence-electron chi connectivity index (χ1n) is 9.56. The van der Waals surface area contributed by atoms with Crippen LogP contribution in [0.2, 0.25) is 5.02 Å². The van der Waals surface area contributed by atoms with Gasteiger partial charge in [0.25, 0.3) is 0 Å². The van der Waals surface area contributed by atoms with Crippen LogP contribution in [0.1, 0.15) is 19.3 Å². The van der Waals surface area contributed by atoms with E-state index < -0.39 is 0 Å². The zero-order valence-corrected chi connectivity index (χ0v) is 17.6. The fraction of sp³-hybridized carbons (Fsp3) is 0.400. The molecule has 29 heavy (non-hydrogen) atoms. The van der Waals surface area contributed by atoms with Gasteiger partial charge in [0.15, 0.2) is 0 Å². The monoisotopic (exact) mass is 430 g/mol. The summed E-state index contributed by atoms with van der Waals surface area (Å²) in [7, 11) is 0. The number of likely N-dealkylation sites (tertiary alicyclic amines) is 1. The van der Waals surface area contributed by atoms with E-state index in [4.69, 9.17) is 17.3 Å². The SMILES string of the molecule is C=CC(=O)N1CCC2(CCN(c3cnc(Sc4ccnc(N)c4Cl)cn3)CC2)C1. The van der Waals surface area contributed by atoms with Crippen molar-refractivity contribution in [1.29, 1.82) is 0 Å². The summed E-state index contributed by atoms with van der Waals surface area (Å²) in [5, 5.41) is 1.19. The lowest BCUT2D eigenvalue weighted by Crippen LogP contribution is -2.42. The van der Waals surface area contributed by atoms with E-state index in [2.05, 4.69) is 26.4 Å². The van der Waals surface area contributed by atoms with Gasteiger partial charge in [0.1, 0.15) is 16.7 Å². The summed E-state index contributed by atoms with van der Waals surface area (Å²) < 4.78 is 0. The summed E-state index contributed by atoms with van der Waals surface area (Å²) in [4.78, 5) is 30.0.